The molecule has 5 nitrogen and oxygen atoms in total. The van der Waals surface area contributed by atoms with Crippen LogP contribution >= 0.6 is 0 Å². The summed E-state index contributed by atoms with van der Waals surface area (Å²) in [5.74, 6) is 0.568. The number of benzene rings is 9. The van der Waals surface area contributed by atoms with Gasteiger partial charge < -0.3 is 8.83 Å². The monoisotopic (exact) mass is 701 g/mol. The molecule has 0 bridgehead atoms. The summed E-state index contributed by atoms with van der Waals surface area (Å²) >= 11 is 0. The van der Waals surface area contributed by atoms with Gasteiger partial charge in [-0.1, -0.05) is 133 Å². The van der Waals surface area contributed by atoms with E-state index in [4.69, 9.17) is 18.8 Å². The maximum atomic E-state index is 6.93. The molecule has 4 aromatic heterocycles. The zero-order valence-corrected chi connectivity index (χ0v) is 29.2. The molecule has 4 heterocycles. The largest absolute Gasteiger partial charge is 0.455 e. The average Bonchev–Trinajstić information content (AvgIpc) is 3.94. The number of fused-ring (bicyclic) bond motifs is 18. The first kappa shape index (κ1) is 29.0. The van der Waals surface area contributed by atoms with Crippen LogP contribution in [-0.2, 0) is 0 Å². The van der Waals surface area contributed by atoms with Gasteiger partial charge in [0.25, 0.3) is 0 Å². The summed E-state index contributed by atoms with van der Waals surface area (Å²) in [6, 6.07) is 57.4. The van der Waals surface area contributed by atoms with E-state index in [0.29, 0.717) is 5.95 Å². The SMILES string of the molecule is c1ccc2c(c1)cc(-c1nc(-n3c4ccc5ccccc5c4c4c5ccccc5c5c6ccccc6oc5c43)nc3ccccc13)c1oc3ccccc3c12. The Balaban J connectivity index is 1.25. The Hall–Kier alpha value is -7.50. The molecule has 0 saturated heterocycles. The fraction of sp³-hybridized carbons (Fsp3) is 0. The Bertz CT molecular complexity index is 3790. The summed E-state index contributed by atoms with van der Waals surface area (Å²) < 4.78 is 15.9. The predicted molar refractivity (Wildman–Crippen MR) is 226 cm³/mol. The van der Waals surface area contributed by atoms with E-state index in [1.54, 1.807) is 0 Å². The van der Waals surface area contributed by atoms with Gasteiger partial charge in [-0.15, -0.1) is 0 Å². The normalized spacial score (nSPS) is 12.4. The van der Waals surface area contributed by atoms with Gasteiger partial charge >= 0.3 is 0 Å². The van der Waals surface area contributed by atoms with Crippen LogP contribution in [0.25, 0.3) is 126 Å². The first-order valence-electron chi connectivity index (χ1n) is 18.6. The molecule has 9 aromatic carbocycles. The summed E-state index contributed by atoms with van der Waals surface area (Å²) in [5.41, 5.74) is 7.88. The number of hydrogen-bond donors (Lipinski definition) is 0. The van der Waals surface area contributed by atoms with Gasteiger partial charge in [0.1, 0.15) is 22.3 Å². The quantitative estimate of drug-likeness (QED) is 0.180. The minimum Gasteiger partial charge on any atom is -0.455 e. The zero-order valence-electron chi connectivity index (χ0n) is 29.2. The smallest absolute Gasteiger partial charge is 0.235 e. The van der Waals surface area contributed by atoms with E-state index in [-0.39, 0.29) is 0 Å². The molecule has 0 aliphatic heterocycles. The van der Waals surface area contributed by atoms with Crippen LogP contribution in [0.5, 0.6) is 0 Å². The van der Waals surface area contributed by atoms with Crippen molar-refractivity contribution >= 4 is 109 Å². The summed E-state index contributed by atoms with van der Waals surface area (Å²) in [4.78, 5) is 11.0. The van der Waals surface area contributed by atoms with E-state index in [1.165, 1.54) is 10.8 Å². The number of furan rings is 2. The lowest BCUT2D eigenvalue weighted by molar-refractivity contribution is 0.669. The Labute approximate surface area is 312 Å². The molecule has 0 amide bonds. The average molecular weight is 702 g/mol. The van der Waals surface area contributed by atoms with Gasteiger partial charge in [-0.05, 0) is 62.6 Å². The third-order valence-electron chi connectivity index (χ3n) is 11.6. The van der Waals surface area contributed by atoms with Crippen LogP contribution in [0, 0.1) is 0 Å². The van der Waals surface area contributed by atoms with Gasteiger partial charge in [-0.3, -0.25) is 4.57 Å². The lowest BCUT2D eigenvalue weighted by Crippen LogP contribution is -2.04. The van der Waals surface area contributed by atoms with Crippen LogP contribution < -0.4 is 0 Å². The number of nitrogens with zero attached hydrogens (tertiary/aromatic N) is 3. The number of rotatable bonds is 2. The van der Waals surface area contributed by atoms with Crippen molar-refractivity contribution in [2.24, 2.45) is 0 Å². The van der Waals surface area contributed by atoms with Crippen molar-refractivity contribution in [3.63, 3.8) is 0 Å². The third kappa shape index (κ3) is 3.81. The molecular weight excluding hydrogens is 675 g/mol. The molecule has 0 unspecified atom stereocenters. The van der Waals surface area contributed by atoms with E-state index in [1.807, 2.05) is 24.3 Å². The summed E-state index contributed by atoms with van der Waals surface area (Å²) in [5, 5.41) is 14.5. The van der Waals surface area contributed by atoms with E-state index in [0.717, 1.165) is 109 Å². The Morgan fingerprint density at radius 1 is 0.400 bits per heavy atom. The first-order valence-corrected chi connectivity index (χ1v) is 18.6. The van der Waals surface area contributed by atoms with Crippen LogP contribution in [0.1, 0.15) is 0 Å². The van der Waals surface area contributed by atoms with Crippen LogP contribution in [-0.4, -0.2) is 14.5 Å². The molecule has 0 fully saturated rings. The van der Waals surface area contributed by atoms with Gasteiger partial charge in [0.2, 0.25) is 5.95 Å². The van der Waals surface area contributed by atoms with E-state index in [9.17, 15) is 0 Å². The standard InChI is InChI=1S/C50H27N3O2/c1-3-15-30-28(13-1)25-26-39-44(30)45-33-18-6-5-17-32(33)43-36-21-9-12-24-41(36)55-49(43)47(45)53(39)50-51-38-22-10-7-19-34(38)46(52-50)37-27-29-14-2-4-16-31(29)42-35-20-8-11-23-40(35)54-48(37)42/h1-27H. The van der Waals surface area contributed by atoms with Gasteiger partial charge in [0.05, 0.1) is 16.7 Å². The number of hydrogen-bond acceptors (Lipinski definition) is 4. The number of aromatic nitrogens is 3. The van der Waals surface area contributed by atoms with E-state index < -0.39 is 0 Å². The summed E-state index contributed by atoms with van der Waals surface area (Å²) in [7, 11) is 0. The van der Waals surface area contributed by atoms with Crippen molar-refractivity contribution in [3.05, 3.63) is 164 Å². The third-order valence-corrected chi connectivity index (χ3v) is 11.6. The lowest BCUT2D eigenvalue weighted by atomic mass is 9.97. The minimum atomic E-state index is 0.568. The van der Waals surface area contributed by atoms with Crippen molar-refractivity contribution in [2.75, 3.05) is 0 Å². The highest BCUT2D eigenvalue weighted by Gasteiger charge is 2.26. The van der Waals surface area contributed by atoms with Gasteiger partial charge in [-0.25, -0.2) is 9.97 Å². The maximum Gasteiger partial charge on any atom is 0.235 e. The minimum absolute atomic E-state index is 0.568. The van der Waals surface area contributed by atoms with Crippen molar-refractivity contribution in [1.29, 1.82) is 0 Å². The molecule has 0 aliphatic carbocycles. The molecule has 0 radical (unpaired) electrons. The molecule has 13 aromatic rings. The van der Waals surface area contributed by atoms with Crippen LogP contribution in [0.15, 0.2) is 173 Å². The van der Waals surface area contributed by atoms with Crippen molar-refractivity contribution < 1.29 is 8.83 Å². The highest BCUT2D eigenvalue weighted by molar-refractivity contribution is 6.38. The topological polar surface area (TPSA) is 57.0 Å². The fourth-order valence-electron chi connectivity index (χ4n) is 9.26. The van der Waals surface area contributed by atoms with Gasteiger partial charge in [-0.2, -0.15) is 0 Å². The summed E-state index contributed by atoms with van der Waals surface area (Å²) in [6.45, 7) is 0. The van der Waals surface area contributed by atoms with E-state index >= 15 is 0 Å². The molecule has 0 N–H and O–H groups in total. The molecule has 0 aliphatic rings. The Morgan fingerprint density at radius 2 is 0.945 bits per heavy atom. The summed E-state index contributed by atoms with van der Waals surface area (Å²) in [6.07, 6.45) is 0. The molecule has 13 rings (SSSR count). The molecule has 5 heteroatoms. The van der Waals surface area contributed by atoms with Crippen molar-refractivity contribution in [3.8, 4) is 17.2 Å². The first-order chi connectivity index (χ1) is 27.3. The van der Waals surface area contributed by atoms with Gasteiger partial charge in [0.15, 0.2) is 5.58 Å². The Morgan fingerprint density at radius 3 is 1.69 bits per heavy atom. The number of para-hydroxylation sites is 3. The van der Waals surface area contributed by atoms with Crippen LogP contribution in [0.4, 0.5) is 0 Å². The molecule has 0 saturated carbocycles. The Kier molecular flexibility index (Phi) is 5.57. The molecule has 0 spiro atoms. The second-order valence-electron chi connectivity index (χ2n) is 14.4. The molecule has 0 atom stereocenters. The molecular formula is C50H27N3O2. The second kappa shape index (κ2) is 10.6. The highest BCUT2D eigenvalue weighted by atomic mass is 16.3. The molecule has 55 heavy (non-hydrogen) atoms. The second-order valence-corrected chi connectivity index (χ2v) is 14.4. The van der Waals surface area contributed by atoms with E-state index in [2.05, 4.69) is 144 Å². The fourth-order valence-corrected chi connectivity index (χ4v) is 9.26. The zero-order chi connectivity index (χ0) is 35.8. The van der Waals surface area contributed by atoms with Crippen molar-refractivity contribution in [2.45, 2.75) is 0 Å². The van der Waals surface area contributed by atoms with Crippen LogP contribution in [0.3, 0.4) is 0 Å². The van der Waals surface area contributed by atoms with Crippen molar-refractivity contribution in [1.82, 2.24) is 14.5 Å². The lowest BCUT2D eigenvalue weighted by Gasteiger charge is -2.13. The van der Waals surface area contributed by atoms with Crippen LogP contribution in [0.2, 0.25) is 0 Å². The highest BCUT2D eigenvalue weighted by Crippen LogP contribution is 2.48. The van der Waals surface area contributed by atoms with Gasteiger partial charge in [0, 0.05) is 43.3 Å². The predicted octanol–water partition coefficient (Wildman–Crippen LogP) is 13.7. The maximum absolute atomic E-state index is 6.93. The molecule has 254 valence electrons.